The SMILES string of the molecule is CCCN(CCC)c1ccc(C2(c3ccc(N(CCC)CCC)cc3)SC(NC(=O)C(C)(C)C)=Nc3cc(N(C)C)ccc32)cc1. The van der Waals surface area contributed by atoms with Gasteiger partial charge in [0, 0.05) is 68.3 Å². The number of fused-ring (bicyclic) bond motifs is 1. The van der Waals surface area contributed by atoms with Crippen molar-refractivity contribution in [3.8, 4) is 0 Å². The lowest BCUT2D eigenvalue weighted by atomic mass is 9.82. The smallest absolute Gasteiger partial charge is 0.231 e. The summed E-state index contributed by atoms with van der Waals surface area (Å²) in [4.78, 5) is 25.5. The van der Waals surface area contributed by atoms with Crippen molar-refractivity contribution in [2.45, 2.75) is 78.9 Å². The molecule has 6 nitrogen and oxygen atoms in total. The van der Waals surface area contributed by atoms with Gasteiger partial charge in [-0.25, -0.2) is 4.99 Å². The van der Waals surface area contributed by atoms with Crippen LogP contribution in [0.3, 0.4) is 0 Å². The molecule has 0 spiro atoms. The minimum atomic E-state index is -0.625. The Morgan fingerprint density at radius 2 is 1.15 bits per heavy atom. The first-order valence-corrected chi connectivity index (χ1v) is 17.9. The molecule has 3 aromatic carbocycles. The van der Waals surface area contributed by atoms with Gasteiger partial charge in [-0.1, -0.05) is 90.6 Å². The molecule has 1 N–H and O–H groups in total. The molecule has 0 aliphatic carbocycles. The number of thioether (sulfide) groups is 1. The Bertz CT molecular complexity index is 1400. The number of aliphatic imine (C=N–C) groups is 1. The Morgan fingerprint density at radius 1 is 0.717 bits per heavy atom. The first-order valence-electron chi connectivity index (χ1n) is 17.1. The molecule has 3 aromatic rings. The molecular weight excluding hydrogens is 587 g/mol. The van der Waals surface area contributed by atoms with Crippen LogP contribution in [0.15, 0.2) is 71.7 Å². The summed E-state index contributed by atoms with van der Waals surface area (Å²) in [6.07, 6.45) is 4.43. The normalized spacial score (nSPS) is 13.9. The number of amides is 1. The predicted octanol–water partition coefficient (Wildman–Crippen LogP) is 9.19. The number of nitrogens with zero attached hydrogens (tertiary/aromatic N) is 4. The number of rotatable bonds is 13. The third kappa shape index (κ3) is 7.74. The van der Waals surface area contributed by atoms with E-state index in [1.165, 1.54) is 11.4 Å². The lowest BCUT2D eigenvalue weighted by molar-refractivity contribution is -0.126. The Labute approximate surface area is 282 Å². The van der Waals surface area contributed by atoms with Crippen molar-refractivity contribution in [1.29, 1.82) is 0 Å². The third-order valence-electron chi connectivity index (χ3n) is 8.50. The third-order valence-corrected chi connectivity index (χ3v) is 9.89. The molecule has 0 saturated heterocycles. The maximum absolute atomic E-state index is 13.4. The standard InChI is InChI=1S/C39H55N5OS/c1-10-24-43(25-11-2)31-18-14-29(15-19-31)39(30-16-20-32(21-17-30)44(26-12-3)27-13-4)34-23-22-33(42(8)9)28-35(34)40-37(46-39)41-36(45)38(5,6)7/h14-23,28H,10-13,24-27H2,1-9H3,(H,40,41,45). The van der Waals surface area contributed by atoms with Crippen LogP contribution in [-0.4, -0.2) is 51.3 Å². The van der Waals surface area contributed by atoms with Crippen molar-refractivity contribution in [2.24, 2.45) is 10.4 Å². The molecule has 0 fully saturated rings. The van der Waals surface area contributed by atoms with Crippen LogP contribution in [0.2, 0.25) is 0 Å². The van der Waals surface area contributed by atoms with E-state index in [2.05, 4.69) is 114 Å². The molecule has 1 heterocycles. The Hall–Kier alpha value is -3.45. The molecule has 0 radical (unpaired) electrons. The summed E-state index contributed by atoms with van der Waals surface area (Å²) >= 11 is 1.63. The van der Waals surface area contributed by atoms with E-state index in [4.69, 9.17) is 4.99 Å². The quantitative estimate of drug-likeness (QED) is 0.202. The first-order chi connectivity index (χ1) is 22.0. The van der Waals surface area contributed by atoms with Crippen LogP contribution in [0.1, 0.15) is 90.8 Å². The minimum absolute atomic E-state index is 0.0462. The first kappa shape index (κ1) is 35.4. The molecule has 0 unspecified atom stereocenters. The summed E-state index contributed by atoms with van der Waals surface area (Å²) in [5.41, 5.74) is 7.33. The summed E-state index contributed by atoms with van der Waals surface area (Å²) in [7, 11) is 4.10. The van der Waals surface area contributed by atoms with Gasteiger partial charge >= 0.3 is 0 Å². The molecule has 0 bridgehead atoms. The Morgan fingerprint density at radius 3 is 1.54 bits per heavy atom. The van der Waals surface area contributed by atoms with Gasteiger partial charge in [-0.2, -0.15) is 0 Å². The predicted molar refractivity (Wildman–Crippen MR) is 201 cm³/mol. The monoisotopic (exact) mass is 641 g/mol. The van der Waals surface area contributed by atoms with E-state index in [0.717, 1.165) is 79.9 Å². The lowest BCUT2D eigenvalue weighted by Crippen LogP contribution is -2.41. The van der Waals surface area contributed by atoms with Gasteiger partial charge in [0.05, 0.1) is 5.69 Å². The second-order valence-electron chi connectivity index (χ2n) is 13.6. The lowest BCUT2D eigenvalue weighted by Gasteiger charge is -2.40. The van der Waals surface area contributed by atoms with E-state index in [0.29, 0.717) is 5.17 Å². The van der Waals surface area contributed by atoms with Crippen LogP contribution in [0, 0.1) is 5.41 Å². The van der Waals surface area contributed by atoms with Crippen LogP contribution < -0.4 is 20.0 Å². The average molecular weight is 642 g/mol. The highest BCUT2D eigenvalue weighted by Gasteiger charge is 2.44. The van der Waals surface area contributed by atoms with Gasteiger partial charge in [0.2, 0.25) is 5.91 Å². The van der Waals surface area contributed by atoms with Crippen LogP contribution >= 0.6 is 11.8 Å². The van der Waals surface area contributed by atoms with Crippen LogP contribution in [0.25, 0.3) is 0 Å². The zero-order chi connectivity index (χ0) is 33.5. The number of carbonyl (C=O) groups excluding carboxylic acids is 1. The fourth-order valence-electron chi connectivity index (χ4n) is 6.09. The summed E-state index contributed by atoms with van der Waals surface area (Å²) in [6.45, 7) is 18.9. The van der Waals surface area contributed by atoms with E-state index in [1.54, 1.807) is 11.8 Å². The van der Waals surface area contributed by atoms with Crippen molar-refractivity contribution in [3.63, 3.8) is 0 Å². The molecule has 1 amide bonds. The highest BCUT2D eigenvalue weighted by atomic mass is 32.2. The van der Waals surface area contributed by atoms with Crippen LogP contribution in [-0.2, 0) is 9.54 Å². The van der Waals surface area contributed by atoms with Gasteiger partial charge < -0.3 is 20.0 Å². The summed E-state index contributed by atoms with van der Waals surface area (Å²) in [6, 6.07) is 24.8. The van der Waals surface area contributed by atoms with Gasteiger partial charge in [0.25, 0.3) is 0 Å². The highest BCUT2D eigenvalue weighted by molar-refractivity contribution is 8.15. The second-order valence-corrected chi connectivity index (χ2v) is 14.8. The van der Waals surface area contributed by atoms with Crippen molar-refractivity contribution < 1.29 is 4.79 Å². The Kier molecular flexibility index (Phi) is 11.9. The molecule has 7 heteroatoms. The second kappa shape index (κ2) is 15.4. The molecule has 1 aliphatic rings. The van der Waals surface area contributed by atoms with Gasteiger partial charge in [-0.05, 0) is 73.2 Å². The molecule has 4 rings (SSSR count). The maximum Gasteiger partial charge on any atom is 0.231 e. The van der Waals surface area contributed by atoms with Gasteiger partial charge in [0.1, 0.15) is 4.75 Å². The van der Waals surface area contributed by atoms with E-state index >= 15 is 0 Å². The van der Waals surface area contributed by atoms with Crippen LogP contribution in [0.5, 0.6) is 0 Å². The summed E-state index contributed by atoms with van der Waals surface area (Å²) in [5, 5.41) is 3.83. The fraction of sp³-hybridized carbons (Fsp3) is 0.487. The Balaban J connectivity index is 1.95. The zero-order valence-corrected chi connectivity index (χ0v) is 30.4. The molecular formula is C39H55N5OS. The zero-order valence-electron chi connectivity index (χ0n) is 29.6. The number of nitrogens with one attached hydrogen (secondary N) is 1. The topological polar surface area (TPSA) is 51.2 Å². The molecule has 0 saturated carbocycles. The van der Waals surface area contributed by atoms with E-state index < -0.39 is 10.2 Å². The molecule has 0 atom stereocenters. The summed E-state index contributed by atoms with van der Waals surface area (Å²) < 4.78 is -0.625. The number of hydrogen-bond donors (Lipinski definition) is 1. The van der Waals surface area contributed by atoms with Crippen molar-refractivity contribution >= 4 is 45.6 Å². The molecule has 1 aliphatic heterocycles. The highest BCUT2D eigenvalue weighted by Crippen LogP contribution is 2.55. The fourth-order valence-corrected chi connectivity index (χ4v) is 7.46. The van der Waals surface area contributed by atoms with Crippen molar-refractivity contribution in [2.75, 3.05) is 55.0 Å². The summed E-state index contributed by atoms with van der Waals surface area (Å²) in [5.74, 6) is -0.0462. The minimum Gasteiger partial charge on any atom is -0.378 e. The largest absolute Gasteiger partial charge is 0.378 e. The molecule has 46 heavy (non-hydrogen) atoms. The number of benzene rings is 3. The maximum atomic E-state index is 13.4. The molecule has 0 aromatic heterocycles. The van der Waals surface area contributed by atoms with Gasteiger partial charge in [0.15, 0.2) is 5.17 Å². The van der Waals surface area contributed by atoms with E-state index in [1.807, 2.05) is 34.9 Å². The number of anilines is 3. The van der Waals surface area contributed by atoms with Gasteiger partial charge in [-0.15, -0.1) is 0 Å². The van der Waals surface area contributed by atoms with Crippen molar-refractivity contribution in [3.05, 3.63) is 83.4 Å². The molecule has 248 valence electrons. The number of carbonyl (C=O) groups is 1. The van der Waals surface area contributed by atoms with Crippen LogP contribution in [0.4, 0.5) is 22.7 Å². The number of amidine groups is 1. The van der Waals surface area contributed by atoms with Gasteiger partial charge in [-0.3, -0.25) is 4.79 Å². The van der Waals surface area contributed by atoms with E-state index in [9.17, 15) is 4.79 Å². The van der Waals surface area contributed by atoms with E-state index in [-0.39, 0.29) is 5.91 Å². The van der Waals surface area contributed by atoms with Crippen molar-refractivity contribution in [1.82, 2.24) is 5.32 Å². The average Bonchev–Trinajstić information content (AvgIpc) is 3.03. The number of hydrogen-bond acceptors (Lipinski definition) is 6.